The van der Waals surface area contributed by atoms with Gasteiger partial charge in [0.15, 0.2) is 6.61 Å². The molecule has 2 N–H and O–H groups in total. The highest BCUT2D eigenvalue weighted by molar-refractivity contribution is 5.74. The summed E-state index contributed by atoms with van der Waals surface area (Å²) in [5.41, 5.74) is 10.3. The van der Waals surface area contributed by atoms with Gasteiger partial charge in [-0.3, -0.25) is 0 Å². The highest BCUT2D eigenvalue weighted by atomic mass is 16.6. The Morgan fingerprint density at radius 1 is 0.897 bits per heavy atom. The van der Waals surface area contributed by atoms with Crippen LogP contribution in [0.15, 0.2) is 109 Å². The number of nitrogens with two attached hydrogens (primary N) is 1. The van der Waals surface area contributed by atoms with E-state index >= 15 is 0 Å². The zero-order chi connectivity index (χ0) is 27.2. The first-order chi connectivity index (χ1) is 19.0. The van der Waals surface area contributed by atoms with E-state index in [-0.39, 0.29) is 18.2 Å². The Labute approximate surface area is 226 Å². The van der Waals surface area contributed by atoms with Crippen LogP contribution in [0, 0.1) is 18.3 Å². The Morgan fingerprint density at radius 3 is 2.31 bits per heavy atom. The van der Waals surface area contributed by atoms with E-state index in [1.807, 2.05) is 61.5 Å². The third-order valence-corrected chi connectivity index (χ3v) is 6.26. The zero-order valence-corrected chi connectivity index (χ0v) is 21.3. The van der Waals surface area contributed by atoms with E-state index in [1.165, 1.54) is 5.56 Å². The first-order valence-corrected chi connectivity index (χ1v) is 12.4. The maximum atomic E-state index is 12.3. The molecule has 1 aliphatic rings. The second kappa shape index (κ2) is 11.4. The molecule has 5 rings (SSSR count). The lowest BCUT2D eigenvalue weighted by atomic mass is 9.83. The number of hydrogen-bond donors (Lipinski definition) is 1. The molecule has 0 amide bonds. The summed E-state index contributed by atoms with van der Waals surface area (Å²) in [6.07, 6.45) is 0. The van der Waals surface area contributed by atoms with Crippen LogP contribution in [0.4, 0.5) is 0 Å². The number of esters is 1. The van der Waals surface area contributed by atoms with Crippen molar-refractivity contribution >= 4 is 5.97 Å². The van der Waals surface area contributed by atoms with Crippen LogP contribution in [0.3, 0.4) is 0 Å². The lowest BCUT2D eigenvalue weighted by Gasteiger charge is -2.26. The largest absolute Gasteiger partial charge is 0.489 e. The highest BCUT2D eigenvalue weighted by Gasteiger charge is 2.31. The van der Waals surface area contributed by atoms with Crippen molar-refractivity contribution in [3.8, 4) is 29.1 Å². The molecule has 0 aliphatic carbocycles. The molecule has 0 aromatic heterocycles. The quantitative estimate of drug-likeness (QED) is 0.233. The van der Waals surface area contributed by atoms with Crippen molar-refractivity contribution in [2.24, 2.45) is 5.73 Å². The van der Waals surface area contributed by atoms with Crippen molar-refractivity contribution in [1.29, 1.82) is 5.26 Å². The Bertz CT molecular complexity index is 1540. The normalized spacial score (nSPS) is 14.0. The second-order valence-corrected chi connectivity index (χ2v) is 9.04. The van der Waals surface area contributed by atoms with Gasteiger partial charge < -0.3 is 24.7 Å². The zero-order valence-electron chi connectivity index (χ0n) is 21.3. The average Bonchev–Trinajstić information content (AvgIpc) is 2.96. The Balaban J connectivity index is 1.30. The number of carbonyl (C=O) groups excluding carboxylic acids is 1. The molecule has 7 heteroatoms. The van der Waals surface area contributed by atoms with Gasteiger partial charge in [0.05, 0.1) is 5.92 Å². The van der Waals surface area contributed by atoms with Crippen LogP contribution < -0.4 is 24.7 Å². The van der Waals surface area contributed by atoms with Crippen molar-refractivity contribution in [1.82, 2.24) is 0 Å². The molecule has 39 heavy (non-hydrogen) atoms. The summed E-state index contributed by atoms with van der Waals surface area (Å²) in [7, 11) is 0. The first-order valence-electron chi connectivity index (χ1n) is 12.4. The maximum Gasteiger partial charge on any atom is 0.349 e. The lowest BCUT2D eigenvalue weighted by Crippen LogP contribution is -2.21. The number of carbonyl (C=O) groups is 1. The highest BCUT2D eigenvalue weighted by Crippen LogP contribution is 2.43. The van der Waals surface area contributed by atoms with Crippen molar-refractivity contribution < 1.29 is 23.7 Å². The van der Waals surface area contributed by atoms with Crippen molar-refractivity contribution in [2.45, 2.75) is 19.4 Å². The van der Waals surface area contributed by atoms with Crippen LogP contribution >= 0.6 is 0 Å². The van der Waals surface area contributed by atoms with E-state index in [0.29, 0.717) is 29.4 Å². The van der Waals surface area contributed by atoms with E-state index < -0.39 is 11.9 Å². The number of aryl methyl sites for hydroxylation is 1. The van der Waals surface area contributed by atoms with Crippen molar-refractivity contribution in [2.75, 3.05) is 6.61 Å². The summed E-state index contributed by atoms with van der Waals surface area (Å²) in [6.45, 7) is 2.25. The van der Waals surface area contributed by atoms with Gasteiger partial charge in [-0.25, -0.2) is 4.79 Å². The van der Waals surface area contributed by atoms with E-state index in [9.17, 15) is 10.1 Å². The number of hydrogen-bond acceptors (Lipinski definition) is 7. The molecule has 194 valence electrons. The van der Waals surface area contributed by atoms with Crippen LogP contribution in [0.25, 0.3) is 0 Å². The molecule has 0 bridgehead atoms. The number of rotatable bonds is 8. The molecule has 1 unspecified atom stereocenters. The molecule has 0 saturated heterocycles. The van der Waals surface area contributed by atoms with Crippen molar-refractivity contribution in [3.63, 3.8) is 0 Å². The van der Waals surface area contributed by atoms with E-state index in [0.717, 1.165) is 16.7 Å². The SMILES string of the molecule is Cc1ccc(COc2ccc(C3C(C#N)=C(N)Oc4cc(OC(=O)COc5ccccc5)ccc43)cc2)cc1. The number of allylic oxidation sites excluding steroid dienone is 1. The fourth-order valence-corrected chi connectivity index (χ4v) is 4.27. The lowest BCUT2D eigenvalue weighted by molar-refractivity contribution is -0.136. The molecule has 1 aliphatic heterocycles. The van der Waals surface area contributed by atoms with Gasteiger partial charge in [-0.1, -0.05) is 66.2 Å². The number of nitrogens with zero attached hydrogens (tertiary/aromatic N) is 1. The molecule has 1 heterocycles. The van der Waals surface area contributed by atoms with Gasteiger partial charge in [0.25, 0.3) is 0 Å². The Morgan fingerprint density at radius 2 is 1.59 bits per heavy atom. The molecule has 0 saturated carbocycles. The van der Waals surface area contributed by atoms with Gasteiger partial charge in [-0.05, 0) is 48.4 Å². The minimum Gasteiger partial charge on any atom is -0.489 e. The van der Waals surface area contributed by atoms with Crippen LogP contribution in [-0.2, 0) is 11.4 Å². The third kappa shape index (κ3) is 6.03. The average molecular weight is 519 g/mol. The van der Waals surface area contributed by atoms with Crippen LogP contribution in [0.1, 0.15) is 28.2 Å². The summed E-state index contributed by atoms with van der Waals surface area (Å²) in [6, 6.07) is 31.9. The van der Waals surface area contributed by atoms with Crippen LogP contribution in [0.2, 0.25) is 0 Å². The maximum absolute atomic E-state index is 12.3. The van der Waals surface area contributed by atoms with Crippen LogP contribution in [-0.4, -0.2) is 12.6 Å². The predicted octanol–water partition coefficient (Wildman–Crippen LogP) is 5.78. The molecular weight excluding hydrogens is 492 g/mol. The van der Waals surface area contributed by atoms with E-state index in [1.54, 1.807) is 30.3 Å². The number of para-hydroxylation sites is 1. The van der Waals surface area contributed by atoms with E-state index in [4.69, 9.17) is 24.7 Å². The molecule has 4 aromatic carbocycles. The van der Waals surface area contributed by atoms with Gasteiger partial charge >= 0.3 is 5.97 Å². The molecular formula is C32H26N2O5. The number of benzene rings is 4. The van der Waals surface area contributed by atoms with Crippen LogP contribution in [0.5, 0.6) is 23.0 Å². The second-order valence-electron chi connectivity index (χ2n) is 9.04. The summed E-state index contributed by atoms with van der Waals surface area (Å²) in [5.74, 6) is 0.963. The summed E-state index contributed by atoms with van der Waals surface area (Å²) < 4.78 is 22.6. The smallest absolute Gasteiger partial charge is 0.349 e. The minimum absolute atomic E-state index is 0.00517. The third-order valence-electron chi connectivity index (χ3n) is 6.26. The number of ether oxygens (including phenoxy) is 4. The minimum atomic E-state index is -0.561. The van der Waals surface area contributed by atoms with Gasteiger partial charge in [0.1, 0.15) is 41.2 Å². The first kappa shape index (κ1) is 25.4. The van der Waals surface area contributed by atoms with Gasteiger partial charge in [0, 0.05) is 11.6 Å². The fourth-order valence-electron chi connectivity index (χ4n) is 4.27. The molecule has 1 atom stereocenters. The monoisotopic (exact) mass is 518 g/mol. The molecule has 0 spiro atoms. The fraction of sp³-hybridized carbons (Fsp3) is 0.125. The molecule has 4 aromatic rings. The van der Waals surface area contributed by atoms with Crippen molar-refractivity contribution in [3.05, 3.63) is 131 Å². The number of nitriles is 1. The van der Waals surface area contributed by atoms with Gasteiger partial charge in [-0.2, -0.15) is 5.26 Å². The topological polar surface area (TPSA) is 104 Å². The summed E-state index contributed by atoms with van der Waals surface area (Å²) in [4.78, 5) is 12.3. The Hall–Kier alpha value is -5.22. The van der Waals surface area contributed by atoms with E-state index in [2.05, 4.69) is 18.2 Å². The molecule has 0 radical (unpaired) electrons. The standard InChI is InChI=1S/C32H26N2O5/c1-21-7-9-22(10-8-21)19-36-25-13-11-23(12-14-25)31-27-16-15-26(17-29(27)39-32(34)28(31)18-33)38-30(35)20-37-24-5-3-2-4-6-24/h2-17,31H,19-20,34H2,1H3. The molecule has 7 nitrogen and oxygen atoms in total. The summed E-state index contributed by atoms with van der Waals surface area (Å²) >= 11 is 0. The number of fused-ring (bicyclic) bond motifs is 1. The predicted molar refractivity (Wildman–Crippen MR) is 145 cm³/mol. The van der Waals surface area contributed by atoms with Gasteiger partial charge in [-0.15, -0.1) is 0 Å². The van der Waals surface area contributed by atoms with Gasteiger partial charge in [0.2, 0.25) is 5.88 Å². The Kier molecular flexibility index (Phi) is 7.46. The molecule has 0 fully saturated rings. The summed E-state index contributed by atoms with van der Waals surface area (Å²) in [5, 5.41) is 9.85.